The topological polar surface area (TPSA) is 91.9 Å². The largest absolute Gasteiger partial charge is 0.457 e. The van der Waals surface area contributed by atoms with E-state index in [2.05, 4.69) is 5.10 Å². The number of hydrogen-bond acceptors (Lipinski definition) is 5. The number of carbonyl (C=O) groups is 1. The summed E-state index contributed by atoms with van der Waals surface area (Å²) in [5, 5.41) is 3.51. The Bertz CT molecular complexity index is 1350. The summed E-state index contributed by atoms with van der Waals surface area (Å²) in [4.78, 5) is 21.3. The van der Waals surface area contributed by atoms with Crippen molar-refractivity contribution in [2.75, 3.05) is 27.2 Å². The zero-order valence-corrected chi connectivity index (χ0v) is 20.1. The minimum absolute atomic E-state index is 0.0201. The Morgan fingerprint density at radius 2 is 1.89 bits per heavy atom. The van der Waals surface area contributed by atoms with Gasteiger partial charge in [0.2, 0.25) is 5.91 Å². The molecular formula is C27H30N6O2. The van der Waals surface area contributed by atoms with E-state index in [1.54, 1.807) is 6.08 Å². The lowest BCUT2D eigenvalue weighted by molar-refractivity contribution is -0.127. The van der Waals surface area contributed by atoms with Gasteiger partial charge in [-0.05, 0) is 50.5 Å². The fourth-order valence-corrected chi connectivity index (χ4v) is 4.40. The van der Waals surface area contributed by atoms with Crippen molar-refractivity contribution >= 4 is 11.6 Å². The second-order valence-electron chi connectivity index (χ2n) is 8.95. The molecule has 0 saturated heterocycles. The third-order valence-electron chi connectivity index (χ3n) is 6.18. The van der Waals surface area contributed by atoms with Crippen LogP contribution in [0.3, 0.4) is 0 Å². The highest BCUT2D eigenvalue weighted by Gasteiger charge is 2.26. The van der Waals surface area contributed by atoms with E-state index in [0.29, 0.717) is 19.6 Å². The van der Waals surface area contributed by atoms with Crippen LogP contribution in [0.1, 0.15) is 17.0 Å². The molecule has 1 amide bonds. The van der Waals surface area contributed by atoms with E-state index in [9.17, 15) is 4.79 Å². The van der Waals surface area contributed by atoms with Gasteiger partial charge in [-0.15, -0.1) is 0 Å². The van der Waals surface area contributed by atoms with Crippen LogP contribution in [0.5, 0.6) is 11.5 Å². The molecule has 0 fully saturated rings. The van der Waals surface area contributed by atoms with Gasteiger partial charge in [-0.2, -0.15) is 0 Å². The highest BCUT2D eigenvalue weighted by Crippen LogP contribution is 2.31. The molecule has 1 aliphatic heterocycles. The van der Waals surface area contributed by atoms with Gasteiger partial charge in [0.1, 0.15) is 11.5 Å². The smallest absolute Gasteiger partial charge is 0.246 e. The molecule has 4 aromatic rings. The summed E-state index contributed by atoms with van der Waals surface area (Å²) in [5.41, 5.74) is 11.9. The number of fused-ring (bicyclic) bond motifs is 3. The predicted octanol–water partition coefficient (Wildman–Crippen LogP) is 3.58. The quantitative estimate of drug-likeness (QED) is 0.403. The molecule has 180 valence electrons. The van der Waals surface area contributed by atoms with Gasteiger partial charge in [-0.3, -0.25) is 9.89 Å². The van der Waals surface area contributed by atoms with Crippen LogP contribution in [-0.4, -0.2) is 57.5 Å². The number of carbonyl (C=O) groups excluding carboxylic acids is 1. The Labute approximate surface area is 204 Å². The first-order valence-corrected chi connectivity index (χ1v) is 11.8. The summed E-state index contributed by atoms with van der Waals surface area (Å²) < 4.78 is 7.95. The fourth-order valence-electron chi connectivity index (χ4n) is 4.40. The third kappa shape index (κ3) is 4.71. The van der Waals surface area contributed by atoms with Crippen molar-refractivity contribution in [2.24, 2.45) is 5.73 Å². The first-order chi connectivity index (χ1) is 17.0. The van der Waals surface area contributed by atoms with Gasteiger partial charge < -0.3 is 20.3 Å². The molecule has 0 aliphatic carbocycles. The first kappa shape index (κ1) is 22.9. The van der Waals surface area contributed by atoms with Gasteiger partial charge in [-0.1, -0.05) is 24.3 Å². The van der Waals surface area contributed by atoms with E-state index in [1.807, 2.05) is 89.1 Å². The molecular weight excluding hydrogens is 440 g/mol. The molecule has 2 aromatic heterocycles. The normalized spacial score (nSPS) is 13.7. The maximum atomic E-state index is 12.6. The van der Waals surface area contributed by atoms with Crippen LogP contribution in [0.4, 0.5) is 0 Å². The number of likely N-dealkylation sites (N-methyl/N-ethyl adjacent to an activating group) is 1. The molecule has 5 rings (SSSR count). The molecule has 1 aliphatic rings. The van der Waals surface area contributed by atoms with Gasteiger partial charge in [0.15, 0.2) is 5.65 Å². The summed E-state index contributed by atoms with van der Waals surface area (Å²) in [5.74, 6) is 1.59. The SMILES string of the molecule is CN(C)CC=CC(=O)N1CCc2c(nc3c(CN)c(-c4ccc(Oc5ccccc5)cc4)[nH]n23)C1. The Morgan fingerprint density at radius 3 is 2.60 bits per heavy atom. The van der Waals surface area contributed by atoms with Gasteiger partial charge in [0.25, 0.3) is 0 Å². The van der Waals surface area contributed by atoms with Crippen molar-refractivity contribution in [2.45, 2.75) is 19.5 Å². The zero-order valence-electron chi connectivity index (χ0n) is 20.1. The van der Waals surface area contributed by atoms with Crippen LogP contribution >= 0.6 is 0 Å². The van der Waals surface area contributed by atoms with Crippen molar-refractivity contribution < 1.29 is 9.53 Å². The van der Waals surface area contributed by atoms with Crippen LogP contribution in [-0.2, 0) is 24.3 Å². The number of imidazole rings is 1. The summed E-state index contributed by atoms with van der Waals surface area (Å²) in [6.07, 6.45) is 4.28. The van der Waals surface area contributed by atoms with Crippen LogP contribution in [0.25, 0.3) is 16.9 Å². The van der Waals surface area contributed by atoms with E-state index in [1.165, 1.54) is 0 Å². The number of nitrogens with two attached hydrogens (primary N) is 1. The number of rotatable bonds is 7. The predicted molar refractivity (Wildman–Crippen MR) is 136 cm³/mol. The Morgan fingerprint density at radius 1 is 1.14 bits per heavy atom. The second kappa shape index (κ2) is 9.77. The van der Waals surface area contributed by atoms with Gasteiger partial charge in [0.05, 0.1) is 23.6 Å². The van der Waals surface area contributed by atoms with E-state index in [-0.39, 0.29) is 5.91 Å². The summed E-state index contributed by atoms with van der Waals surface area (Å²) in [6.45, 7) is 2.25. The Balaban J connectivity index is 1.37. The molecule has 0 radical (unpaired) electrons. The molecule has 8 heteroatoms. The van der Waals surface area contributed by atoms with Gasteiger partial charge in [0, 0.05) is 43.3 Å². The molecule has 8 nitrogen and oxygen atoms in total. The molecule has 0 saturated carbocycles. The standard InChI is InChI=1S/C27H30N6O2/c1-31(2)15-6-9-25(34)32-16-14-24-23(18-32)29-27-22(17-28)26(30-33(24)27)19-10-12-21(13-11-19)35-20-7-4-3-5-8-20/h3-13,30H,14-18,28H2,1-2H3. The maximum absolute atomic E-state index is 12.6. The fraction of sp³-hybridized carbons (Fsp3) is 0.259. The second-order valence-corrected chi connectivity index (χ2v) is 8.95. The first-order valence-electron chi connectivity index (χ1n) is 11.8. The molecule has 35 heavy (non-hydrogen) atoms. The van der Waals surface area contributed by atoms with Crippen molar-refractivity contribution in [3.8, 4) is 22.8 Å². The van der Waals surface area contributed by atoms with Crippen LogP contribution in [0, 0.1) is 0 Å². The molecule has 3 N–H and O–H groups in total. The summed E-state index contributed by atoms with van der Waals surface area (Å²) in [6, 6.07) is 17.7. The monoisotopic (exact) mass is 470 g/mol. The summed E-state index contributed by atoms with van der Waals surface area (Å²) >= 11 is 0. The number of benzene rings is 2. The van der Waals surface area contributed by atoms with Crippen molar-refractivity contribution in [3.05, 3.63) is 83.7 Å². The van der Waals surface area contributed by atoms with Crippen LogP contribution in [0.2, 0.25) is 0 Å². The minimum atomic E-state index is 0.0201. The Hall–Kier alpha value is -3.88. The molecule has 0 atom stereocenters. The molecule has 0 bridgehead atoms. The highest BCUT2D eigenvalue weighted by atomic mass is 16.5. The van der Waals surface area contributed by atoms with E-state index >= 15 is 0 Å². The number of hydrogen-bond donors (Lipinski definition) is 2. The van der Waals surface area contributed by atoms with E-state index < -0.39 is 0 Å². The number of aromatic amines is 1. The zero-order chi connectivity index (χ0) is 24.4. The molecule has 2 aromatic carbocycles. The van der Waals surface area contributed by atoms with Gasteiger partial charge >= 0.3 is 0 Å². The lowest BCUT2D eigenvalue weighted by Gasteiger charge is -2.25. The van der Waals surface area contributed by atoms with Crippen molar-refractivity contribution in [1.82, 2.24) is 24.4 Å². The van der Waals surface area contributed by atoms with Crippen molar-refractivity contribution in [3.63, 3.8) is 0 Å². The number of H-pyrrole nitrogens is 1. The van der Waals surface area contributed by atoms with Crippen LogP contribution in [0.15, 0.2) is 66.7 Å². The lowest BCUT2D eigenvalue weighted by atomic mass is 10.1. The maximum Gasteiger partial charge on any atom is 0.246 e. The number of nitrogens with one attached hydrogen (secondary N) is 1. The van der Waals surface area contributed by atoms with Gasteiger partial charge in [-0.25, -0.2) is 9.50 Å². The highest BCUT2D eigenvalue weighted by molar-refractivity contribution is 5.87. The lowest BCUT2D eigenvalue weighted by Crippen LogP contribution is -2.35. The Kier molecular flexibility index (Phi) is 6.39. The van der Waals surface area contributed by atoms with Crippen molar-refractivity contribution in [1.29, 1.82) is 0 Å². The average Bonchev–Trinajstić information content (AvgIpc) is 3.40. The van der Waals surface area contributed by atoms with E-state index in [0.717, 1.165) is 58.3 Å². The minimum Gasteiger partial charge on any atom is -0.457 e. The third-order valence-corrected chi connectivity index (χ3v) is 6.18. The number of para-hydroxylation sites is 1. The number of ether oxygens (including phenoxy) is 1. The summed E-state index contributed by atoms with van der Waals surface area (Å²) in [7, 11) is 3.95. The van der Waals surface area contributed by atoms with E-state index in [4.69, 9.17) is 15.5 Å². The molecule has 0 unspecified atom stereocenters. The molecule has 0 spiro atoms. The molecule has 3 heterocycles. The number of aromatic nitrogens is 3. The number of nitrogens with zero attached hydrogens (tertiary/aromatic N) is 4. The van der Waals surface area contributed by atoms with Crippen LogP contribution < -0.4 is 10.5 Å². The average molecular weight is 471 g/mol. The number of amides is 1.